The van der Waals surface area contributed by atoms with Crippen molar-refractivity contribution >= 4 is 17.9 Å². The van der Waals surface area contributed by atoms with E-state index in [1.54, 1.807) is 0 Å². The second-order valence-corrected chi connectivity index (χ2v) is 14.9. The normalized spacial score (nSPS) is 12.7. The minimum Gasteiger partial charge on any atom is -0.462 e. The van der Waals surface area contributed by atoms with Gasteiger partial charge in [0.25, 0.3) is 0 Å². The van der Waals surface area contributed by atoms with Crippen molar-refractivity contribution in [3.8, 4) is 0 Å². The van der Waals surface area contributed by atoms with Crippen molar-refractivity contribution < 1.29 is 28.6 Å². The number of hydrogen-bond acceptors (Lipinski definition) is 6. The van der Waals surface area contributed by atoms with Crippen LogP contribution in [0.15, 0.2) is 72.9 Å². The number of carbonyl (C=O) groups excluding carboxylic acids is 3. The van der Waals surface area contributed by atoms with Crippen LogP contribution in [-0.2, 0) is 28.6 Å². The molecule has 0 aliphatic heterocycles. The van der Waals surface area contributed by atoms with Crippen LogP contribution in [0.1, 0.15) is 207 Å². The molecule has 1 unspecified atom stereocenters. The van der Waals surface area contributed by atoms with Crippen LogP contribution < -0.4 is 0 Å². The Morgan fingerprint density at radius 3 is 1.18 bits per heavy atom. The third-order valence-corrected chi connectivity index (χ3v) is 9.45. The second-order valence-electron chi connectivity index (χ2n) is 14.9. The quantitative estimate of drug-likeness (QED) is 0.0267. The van der Waals surface area contributed by atoms with Crippen LogP contribution in [-0.4, -0.2) is 37.2 Å². The predicted octanol–water partition coefficient (Wildman–Crippen LogP) is 14.7. The molecular formula is C50H84O6. The van der Waals surface area contributed by atoms with Crippen molar-refractivity contribution in [3.05, 3.63) is 72.9 Å². The predicted molar refractivity (Wildman–Crippen MR) is 238 cm³/mol. The van der Waals surface area contributed by atoms with Gasteiger partial charge >= 0.3 is 17.9 Å². The van der Waals surface area contributed by atoms with Gasteiger partial charge in [0.1, 0.15) is 13.2 Å². The van der Waals surface area contributed by atoms with Crippen molar-refractivity contribution in [3.63, 3.8) is 0 Å². The Morgan fingerprint density at radius 2 is 0.714 bits per heavy atom. The minimum atomic E-state index is -0.788. The summed E-state index contributed by atoms with van der Waals surface area (Å²) in [6.07, 6.45) is 54.6. The van der Waals surface area contributed by atoms with Gasteiger partial charge in [0.05, 0.1) is 0 Å². The lowest BCUT2D eigenvalue weighted by molar-refractivity contribution is -0.167. The van der Waals surface area contributed by atoms with Crippen molar-refractivity contribution in [2.24, 2.45) is 0 Å². The molecule has 0 aromatic carbocycles. The summed E-state index contributed by atoms with van der Waals surface area (Å²) >= 11 is 0. The molecule has 0 aliphatic carbocycles. The number of carbonyl (C=O) groups is 3. The lowest BCUT2D eigenvalue weighted by Crippen LogP contribution is -2.30. The number of hydrogen-bond donors (Lipinski definition) is 0. The first-order chi connectivity index (χ1) is 27.5. The van der Waals surface area contributed by atoms with Crippen molar-refractivity contribution in [2.45, 2.75) is 213 Å². The largest absolute Gasteiger partial charge is 0.462 e. The maximum absolute atomic E-state index is 12.7. The maximum atomic E-state index is 12.7. The van der Waals surface area contributed by atoms with Gasteiger partial charge in [-0.3, -0.25) is 14.4 Å². The summed E-state index contributed by atoms with van der Waals surface area (Å²) in [5.74, 6) is -0.943. The molecule has 0 N–H and O–H groups in total. The highest BCUT2D eigenvalue weighted by molar-refractivity contribution is 5.71. The fourth-order valence-electron chi connectivity index (χ4n) is 5.98. The molecule has 0 heterocycles. The molecule has 0 amide bonds. The third kappa shape index (κ3) is 42.0. The number of allylic oxidation sites excluding steroid dienone is 12. The molecule has 0 spiro atoms. The van der Waals surface area contributed by atoms with Gasteiger partial charge < -0.3 is 14.2 Å². The highest BCUT2D eigenvalue weighted by atomic mass is 16.6. The van der Waals surface area contributed by atoms with Gasteiger partial charge in [-0.1, -0.05) is 177 Å². The summed E-state index contributed by atoms with van der Waals surface area (Å²) in [4.78, 5) is 37.6. The lowest BCUT2D eigenvalue weighted by atomic mass is 10.1. The van der Waals surface area contributed by atoms with Crippen LogP contribution in [0.4, 0.5) is 0 Å². The molecule has 0 bridgehead atoms. The van der Waals surface area contributed by atoms with Gasteiger partial charge in [-0.05, 0) is 83.5 Å². The summed E-state index contributed by atoms with van der Waals surface area (Å²) in [5.41, 5.74) is 0. The number of ether oxygens (including phenoxy) is 3. The molecule has 0 rings (SSSR count). The molecule has 0 fully saturated rings. The molecule has 6 heteroatoms. The fraction of sp³-hybridized carbons (Fsp3) is 0.700. The van der Waals surface area contributed by atoms with E-state index in [1.807, 2.05) is 0 Å². The third-order valence-electron chi connectivity index (χ3n) is 9.45. The van der Waals surface area contributed by atoms with Crippen LogP contribution in [0, 0.1) is 0 Å². The van der Waals surface area contributed by atoms with Gasteiger partial charge in [0, 0.05) is 19.3 Å². The minimum absolute atomic E-state index is 0.0894. The van der Waals surface area contributed by atoms with E-state index in [4.69, 9.17) is 14.2 Å². The molecule has 0 radical (unpaired) electrons. The van der Waals surface area contributed by atoms with Gasteiger partial charge in [-0.2, -0.15) is 0 Å². The Balaban J connectivity index is 4.38. The van der Waals surface area contributed by atoms with E-state index in [0.717, 1.165) is 109 Å². The van der Waals surface area contributed by atoms with Crippen molar-refractivity contribution in [2.75, 3.05) is 13.2 Å². The van der Waals surface area contributed by atoms with Crippen LogP contribution in [0.5, 0.6) is 0 Å². The van der Waals surface area contributed by atoms with Crippen LogP contribution in [0.2, 0.25) is 0 Å². The first-order valence-corrected chi connectivity index (χ1v) is 22.9. The zero-order chi connectivity index (χ0) is 40.8. The summed E-state index contributed by atoms with van der Waals surface area (Å²) in [5, 5.41) is 0. The topological polar surface area (TPSA) is 78.9 Å². The molecule has 0 aromatic heterocycles. The lowest BCUT2D eigenvalue weighted by Gasteiger charge is -2.18. The summed E-state index contributed by atoms with van der Waals surface area (Å²) in [6.45, 7) is 6.40. The highest BCUT2D eigenvalue weighted by Crippen LogP contribution is 2.13. The molecule has 0 aliphatic rings. The van der Waals surface area contributed by atoms with E-state index in [0.29, 0.717) is 19.3 Å². The Hall–Kier alpha value is -3.15. The SMILES string of the molecule is CC/C=C\C/C=C\C/C=C\C/C=C\C/C=C\CCCCCC(=O)OCC(COC(=O)CCCCCCCCCC)OC(=O)CCCCCCC/C=C\CCCC. The average Bonchev–Trinajstić information content (AvgIpc) is 3.19. The van der Waals surface area contributed by atoms with Crippen molar-refractivity contribution in [1.82, 2.24) is 0 Å². The van der Waals surface area contributed by atoms with E-state index < -0.39 is 6.10 Å². The average molecular weight is 781 g/mol. The zero-order valence-electron chi connectivity index (χ0n) is 36.4. The van der Waals surface area contributed by atoms with E-state index in [1.165, 1.54) is 57.8 Å². The molecule has 6 nitrogen and oxygen atoms in total. The molecule has 0 saturated heterocycles. The van der Waals surface area contributed by atoms with E-state index in [2.05, 4.69) is 93.7 Å². The highest BCUT2D eigenvalue weighted by Gasteiger charge is 2.19. The summed E-state index contributed by atoms with van der Waals surface area (Å²) < 4.78 is 16.6. The molecular weight excluding hydrogens is 697 g/mol. The van der Waals surface area contributed by atoms with Crippen molar-refractivity contribution in [1.29, 1.82) is 0 Å². The Bertz CT molecular complexity index is 1080. The Kier molecular flexibility index (Phi) is 42.1. The first-order valence-electron chi connectivity index (χ1n) is 22.9. The summed E-state index contributed by atoms with van der Waals surface area (Å²) in [6, 6.07) is 0. The van der Waals surface area contributed by atoms with Crippen LogP contribution >= 0.6 is 0 Å². The summed E-state index contributed by atoms with van der Waals surface area (Å²) in [7, 11) is 0. The van der Waals surface area contributed by atoms with Crippen LogP contribution in [0.25, 0.3) is 0 Å². The number of unbranched alkanes of at least 4 members (excludes halogenated alkanes) is 17. The zero-order valence-corrected chi connectivity index (χ0v) is 36.4. The van der Waals surface area contributed by atoms with Gasteiger partial charge in [0.2, 0.25) is 0 Å². The standard InChI is InChI=1S/C50H84O6/c1-4-7-10-13-16-19-21-22-23-24-25-26-27-28-30-31-34-37-40-43-49(52)55-46-47(45-54-48(51)42-39-36-33-18-15-12-9-6-3)56-50(53)44-41-38-35-32-29-20-17-14-11-8-5-2/h7,10,14,16-17,19,22-23,25-26,28,30,47H,4-6,8-9,11-13,15,18,20-21,24,27,29,31-46H2,1-3H3/b10-7-,17-14-,19-16-,23-22-,26-25-,30-28-. The maximum Gasteiger partial charge on any atom is 0.306 e. The Labute approximate surface area is 344 Å². The number of esters is 3. The molecule has 1 atom stereocenters. The number of rotatable bonds is 40. The van der Waals surface area contributed by atoms with Crippen LogP contribution in [0.3, 0.4) is 0 Å². The van der Waals surface area contributed by atoms with Gasteiger partial charge in [0.15, 0.2) is 6.10 Å². The molecule has 320 valence electrons. The van der Waals surface area contributed by atoms with E-state index in [-0.39, 0.29) is 31.1 Å². The Morgan fingerprint density at radius 1 is 0.375 bits per heavy atom. The van der Waals surface area contributed by atoms with Gasteiger partial charge in [-0.15, -0.1) is 0 Å². The fourth-order valence-corrected chi connectivity index (χ4v) is 5.98. The smallest absolute Gasteiger partial charge is 0.306 e. The first kappa shape index (κ1) is 52.9. The molecule has 0 saturated carbocycles. The van der Waals surface area contributed by atoms with E-state index in [9.17, 15) is 14.4 Å². The molecule has 0 aromatic rings. The van der Waals surface area contributed by atoms with E-state index >= 15 is 0 Å². The second kappa shape index (κ2) is 44.6. The van der Waals surface area contributed by atoms with Gasteiger partial charge in [-0.25, -0.2) is 0 Å². The monoisotopic (exact) mass is 781 g/mol. The molecule has 56 heavy (non-hydrogen) atoms.